The van der Waals surface area contributed by atoms with Crippen molar-refractivity contribution in [1.82, 2.24) is 4.98 Å². The summed E-state index contributed by atoms with van der Waals surface area (Å²) in [6.07, 6.45) is 3.79. The predicted molar refractivity (Wildman–Crippen MR) is 98.7 cm³/mol. The zero-order valence-electron chi connectivity index (χ0n) is 15.1. The van der Waals surface area contributed by atoms with Crippen molar-refractivity contribution in [2.75, 3.05) is 13.7 Å². The quantitative estimate of drug-likeness (QED) is 0.678. The third-order valence-corrected chi connectivity index (χ3v) is 4.80. The van der Waals surface area contributed by atoms with Gasteiger partial charge in [0.1, 0.15) is 11.4 Å². The molecule has 0 unspecified atom stereocenters. The Morgan fingerprint density at radius 2 is 2.15 bits per heavy atom. The van der Waals surface area contributed by atoms with Gasteiger partial charge in [-0.15, -0.1) is 0 Å². The summed E-state index contributed by atoms with van der Waals surface area (Å²) in [5.74, 6) is 6.49. The van der Waals surface area contributed by atoms with E-state index in [1.807, 2.05) is 24.3 Å². The molecule has 0 saturated heterocycles. The van der Waals surface area contributed by atoms with Crippen LogP contribution < -0.4 is 4.74 Å². The number of esters is 1. The summed E-state index contributed by atoms with van der Waals surface area (Å²) in [7, 11) is 1.60. The lowest BCUT2D eigenvalue weighted by molar-refractivity contribution is -0.150. The molecule has 3 rings (SSSR count). The van der Waals surface area contributed by atoms with Crippen LogP contribution in [0.4, 0.5) is 0 Å². The largest absolute Gasteiger partial charge is 0.495 e. The van der Waals surface area contributed by atoms with Gasteiger partial charge >= 0.3 is 5.97 Å². The van der Waals surface area contributed by atoms with E-state index in [-0.39, 0.29) is 11.9 Å². The number of fused-ring (bicyclic) bond motifs is 1. The number of hydrogen-bond donors (Lipinski definition) is 1. The second kappa shape index (κ2) is 7.76. The molecule has 0 amide bonds. The molecule has 0 atom stereocenters. The van der Waals surface area contributed by atoms with E-state index in [4.69, 9.17) is 9.47 Å². The van der Waals surface area contributed by atoms with Gasteiger partial charge in [0.05, 0.1) is 31.3 Å². The van der Waals surface area contributed by atoms with Gasteiger partial charge in [0.25, 0.3) is 0 Å². The number of rotatable bonds is 3. The maximum atomic E-state index is 11.8. The van der Waals surface area contributed by atoms with Gasteiger partial charge < -0.3 is 14.6 Å². The lowest BCUT2D eigenvalue weighted by Crippen LogP contribution is -2.35. The van der Waals surface area contributed by atoms with Gasteiger partial charge in [-0.3, -0.25) is 9.78 Å². The van der Waals surface area contributed by atoms with Crippen molar-refractivity contribution in [3.63, 3.8) is 0 Å². The average molecular weight is 353 g/mol. The van der Waals surface area contributed by atoms with Crippen molar-refractivity contribution in [3.8, 4) is 17.6 Å². The number of aromatic nitrogens is 1. The summed E-state index contributed by atoms with van der Waals surface area (Å²) < 4.78 is 10.3. The monoisotopic (exact) mass is 353 g/mol. The van der Waals surface area contributed by atoms with Crippen LogP contribution in [0.2, 0.25) is 0 Å². The molecule has 0 spiro atoms. The highest BCUT2D eigenvalue weighted by Gasteiger charge is 2.35. The second-order valence-corrected chi connectivity index (χ2v) is 6.56. The van der Waals surface area contributed by atoms with Crippen LogP contribution in [0, 0.1) is 17.8 Å². The molecule has 0 aliphatic heterocycles. The van der Waals surface area contributed by atoms with Crippen molar-refractivity contribution in [3.05, 3.63) is 36.0 Å². The molecule has 1 heterocycles. The fourth-order valence-corrected chi connectivity index (χ4v) is 3.25. The SMILES string of the molecule is CCOC(=O)[C@H]1CC[C@@](O)(C#Cc2cccc3ncc(OC)cc23)CC1. The molecule has 1 aliphatic rings. The Kier molecular flexibility index (Phi) is 5.43. The van der Waals surface area contributed by atoms with Crippen LogP contribution >= 0.6 is 0 Å². The standard InChI is InChI=1S/C21H23NO4/c1-3-26-20(23)16-8-11-21(24,12-9-16)10-7-15-5-4-6-19-18(15)13-17(25-2)14-22-19/h4-6,13-14,16,24H,3,8-9,11-12H2,1-2H3/t16-,21-. The summed E-state index contributed by atoms with van der Waals surface area (Å²) in [5.41, 5.74) is 0.558. The fourth-order valence-electron chi connectivity index (χ4n) is 3.25. The summed E-state index contributed by atoms with van der Waals surface area (Å²) >= 11 is 0. The first-order valence-electron chi connectivity index (χ1n) is 8.89. The number of carbonyl (C=O) groups excluding carboxylic acids is 1. The first-order valence-corrected chi connectivity index (χ1v) is 8.89. The highest BCUT2D eigenvalue weighted by Crippen LogP contribution is 2.32. The van der Waals surface area contributed by atoms with Crippen molar-refractivity contribution in [2.24, 2.45) is 5.92 Å². The maximum absolute atomic E-state index is 11.8. The summed E-state index contributed by atoms with van der Waals surface area (Å²) in [6.45, 7) is 2.19. The number of methoxy groups -OCH3 is 1. The van der Waals surface area contributed by atoms with Crippen LogP contribution in [0.25, 0.3) is 10.9 Å². The molecule has 1 aromatic carbocycles. The normalized spacial score (nSPS) is 22.3. The molecule has 5 nitrogen and oxygen atoms in total. The molecule has 136 valence electrons. The first kappa shape index (κ1) is 18.2. The van der Waals surface area contributed by atoms with E-state index in [0.717, 1.165) is 16.5 Å². The van der Waals surface area contributed by atoms with Crippen molar-refractivity contribution >= 4 is 16.9 Å². The lowest BCUT2D eigenvalue weighted by Gasteiger charge is -2.31. The molecular weight excluding hydrogens is 330 g/mol. The van der Waals surface area contributed by atoms with Gasteiger partial charge in [-0.05, 0) is 50.8 Å². The Morgan fingerprint density at radius 3 is 2.85 bits per heavy atom. The van der Waals surface area contributed by atoms with Gasteiger partial charge in [-0.2, -0.15) is 0 Å². The smallest absolute Gasteiger partial charge is 0.308 e. The number of aliphatic hydroxyl groups is 1. The van der Waals surface area contributed by atoms with Crippen molar-refractivity contribution < 1.29 is 19.4 Å². The minimum atomic E-state index is -1.07. The van der Waals surface area contributed by atoms with Crippen LogP contribution in [0.15, 0.2) is 30.5 Å². The van der Waals surface area contributed by atoms with E-state index in [2.05, 4.69) is 16.8 Å². The number of ether oxygens (including phenoxy) is 2. The minimum absolute atomic E-state index is 0.136. The average Bonchev–Trinajstić information content (AvgIpc) is 2.66. The Balaban J connectivity index is 1.79. The number of nitrogens with zero attached hydrogens (tertiary/aromatic N) is 1. The molecule has 1 saturated carbocycles. The molecule has 0 radical (unpaired) electrons. The van der Waals surface area contributed by atoms with Crippen LogP contribution in [0.5, 0.6) is 5.75 Å². The molecule has 1 aliphatic carbocycles. The van der Waals surface area contributed by atoms with Gasteiger partial charge in [-0.1, -0.05) is 17.9 Å². The van der Waals surface area contributed by atoms with Crippen LogP contribution in [0.1, 0.15) is 38.2 Å². The summed E-state index contributed by atoms with van der Waals surface area (Å²) in [4.78, 5) is 16.2. The molecular formula is C21H23NO4. The summed E-state index contributed by atoms with van der Waals surface area (Å²) in [6, 6.07) is 7.62. The van der Waals surface area contributed by atoms with Crippen LogP contribution in [-0.2, 0) is 9.53 Å². The Bertz CT molecular complexity index is 857. The zero-order valence-corrected chi connectivity index (χ0v) is 15.1. The van der Waals surface area contributed by atoms with Crippen molar-refractivity contribution in [2.45, 2.75) is 38.2 Å². The van der Waals surface area contributed by atoms with E-state index in [9.17, 15) is 9.90 Å². The highest BCUT2D eigenvalue weighted by molar-refractivity contribution is 5.86. The summed E-state index contributed by atoms with van der Waals surface area (Å²) in [5, 5.41) is 11.7. The molecule has 2 aromatic rings. The maximum Gasteiger partial charge on any atom is 0.308 e. The predicted octanol–water partition coefficient (Wildman–Crippen LogP) is 3.08. The van der Waals surface area contributed by atoms with Crippen molar-refractivity contribution in [1.29, 1.82) is 0 Å². The van der Waals surface area contributed by atoms with E-state index in [0.29, 0.717) is 38.0 Å². The highest BCUT2D eigenvalue weighted by atomic mass is 16.5. The molecule has 1 N–H and O–H groups in total. The Labute approximate surface area is 153 Å². The third-order valence-electron chi connectivity index (χ3n) is 4.80. The number of pyridine rings is 1. The van der Waals surface area contributed by atoms with Crippen LogP contribution in [-0.4, -0.2) is 35.4 Å². The molecule has 0 bridgehead atoms. The van der Waals surface area contributed by atoms with Crippen LogP contribution in [0.3, 0.4) is 0 Å². The van der Waals surface area contributed by atoms with Gasteiger partial charge in [0.2, 0.25) is 0 Å². The Hall–Kier alpha value is -2.58. The second-order valence-electron chi connectivity index (χ2n) is 6.56. The topological polar surface area (TPSA) is 68.7 Å². The number of carbonyl (C=O) groups is 1. The molecule has 5 heteroatoms. The molecule has 1 aromatic heterocycles. The Morgan fingerprint density at radius 1 is 1.38 bits per heavy atom. The lowest BCUT2D eigenvalue weighted by atomic mass is 9.79. The van der Waals surface area contributed by atoms with Gasteiger partial charge in [0.15, 0.2) is 0 Å². The third kappa shape index (κ3) is 3.97. The molecule has 1 fully saturated rings. The van der Waals surface area contributed by atoms with Gasteiger partial charge in [-0.25, -0.2) is 0 Å². The first-order chi connectivity index (χ1) is 12.5. The zero-order chi connectivity index (χ0) is 18.6. The van der Waals surface area contributed by atoms with E-state index < -0.39 is 5.60 Å². The van der Waals surface area contributed by atoms with E-state index >= 15 is 0 Å². The number of hydrogen-bond acceptors (Lipinski definition) is 5. The molecule has 26 heavy (non-hydrogen) atoms. The van der Waals surface area contributed by atoms with E-state index in [1.165, 1.54) is 0 Å². The minimum Gasteiger partial charge on any atom is -0.495 e. The number of benzene rings is 1. The fraction of sp³-hybridized carbons (Fsp3) is 0.429. The van der Waals surface area contributed by atoms with E-state index in [1.54, 1.807) is 20.2 Å². The van der Waals surface area contributed by atoms with Gasteiger partial charge in [0, 0.05) is 10.9 Å².